The fourth-order valence-electron chi connectivity index (χ4n) is 1.50. The van der Waals surface area contributed by atoms with Crippen molar-refractivity contribution in [1.29, 1.82) is 0 Å². The molecule has 2 aromatic rings. The van der Waals surface area contributed by atoms with Crippen molar-refractivity contribution in [3.05, 3.63) is 48.5 Å². The van der Waals surface area contributed by atoms with Crippen LogP contribution in [-0.4, -0.2) is 33.1 Å². The topological polar surface area (TPSA) is 97.4 Å². The number of carboxylic acids is 1. The van der Waals surface area contributed by atoms with Crippen molar-refractivity contribution in [2.45, 2.75) is 6.54 Å². The molecule has 0 saturated heterocycles. The molecule has 0 spiro atoms. The Hall–Kier alpha value is -2.83. The summed E-state index contributed by atoms with van der Waals surface area (Å²) in [6, 6.07) is 3.47. The van der Waals surface area contributed by atoms with Gasteiger partial charge in [0.15, 0.2) is 5.69 Å². The molecule has 0 radical (unpaired) electrons. The molecule has 20 heavy (non-hydrogen) atoms. The highest BCUT2D eigenvalue weighted by Crippen LogP contribution is 2.01. The Morgan fingerprint density at radius 1 is 1.50 bits per heavy atom. The van der Waals surface area contributed by atoms with Gasteiger partial charge in [-0.25, -0.2) is 9.78 Å². The molecule has 2 aromatic heterocycles. The highest BCUT2D eigenvalue weighted by Gasteiger charge is 2.06. The van der Waals surface area contributed by atoms with Gasteiger partial charge in [0.2, 0.25) is 5.91 Å². The third-order valence-corrected chi connectivity index (χ3v) is 2.46. The molecule has 7 nitrogen and oxygen atoms in total. The van der Waals surface area contributed by atoms with E-state index >= 15 is 0 Å². The number of nitrogens with zero attached hydrogens (tertiary/aromatic N) is 2. The maximum atomic E-state index is 11.5. The van der Waals surface area contributed by atoms with Gasteiger partial charge in [0, 0.05) is 25.4 Å². The maximum absolute atomic E-state index is 11.5. The Morgan fingerprint density at radius 3 is 3.00 bits per heavy atom. The molecule has 0 bridgehead atoms. The Balaban J connectivity index is 1.75. The molecule has 1 amide bonds. The van der Waals surface area contributed by atoms with Gasteiger partial charge in [0.05, 0.1) is 12.6 Å². The summed E-state index contributed by atoms with van der Waals surface area (Å²) >= 11 is 0. The van der Waals surface area contributed by atoms with E-state index in [0.717, 1.165) is 0 Å². The summed E-state index contributed by atoms with van der Waals surface area (Å²) in [7, 11) is 0. The first-order chi connectivity index (χ1) is 9.65. The number of imidazole rings is 1. The molecule has 0 fully saturated rings. The van der Waals surface area contributed by atoms with E-state index in [-0.39, 0.29) is 11.6 Å². The minimum absolute atomic E-state index is 0.0194. The number of aromatic nitrogens is 2. The van der Waals surface area contributed by atoms with Gasteiger partial charge in [-0.15, -0.1) is 0 Å². The SMILES string of the molecule is O=C(/C=C/c1ccco1)NCCn1cnc(C(=O)O)c1. The van der Waals surface area contributed by atoms with Gasteiger partial charge in [-0.3, -0.25) is 4.79 Å². The summed E-state index contributed by atoms with van der Waals surface area (Å²) in [5.41, 5.74) is -0.0194. The quantitative estimate of drug-likeness (QED) is 0.766. The molecule has 0 aromatic carbocycles. The molecule has 0 aliphatic heterocycles. The van der Waals surface area contributed by atoms with Crippen LogP contribution in [0.2, 0.25) is 0 Å². The van der Waals surface area contributed by atoms with Crippen LogP contribution in [0.25, 0.3) is 6.08 Å². The molecule has 0 atom stereocenters. The predicted octanol–water partition coefficient (Wildman–Crippen LogP) is 1.00. The molecule has 2 N–H and O–H groups in total. The van der Waals surface area contributed by atoms with Crippen LogP contribution >= 0.6 is 0 Å². The fourth-order valence-corrected chi connectivity index (χ4v) is 1.50. The average Bonchev–Trinajstić information content (AvgIpc) is 3.07. The second-order valence-electron chi connectivity index (χ2n) is 3.94. The monoisotopic (exact) mass is 275 g/mol. The van der Waals surface area contributed by atoms with Crippen LogP contribution in [0.5, 0.6) is 0 Å². The number of carbonyl (C=O) groups excluding carboxylic acids is 1. The van der Waals surface area contributed by atoms with Crippen LogP contribution in [0.4, 0.5) is 0 Å². The number of hydrogen-bond acceptors (Lipinski definition) is 4. The lowest BCUT2D eigenvalue weighted by Gasteiger charge is -2.02. The minimum atomic E-state index is -1.07. The van der Waals surface area contributed by atoms with Crippen LogP contribution in [-0.2, 0) is 11.3 Å². The maximum Gasteiger partial charge on any atom is 0.356 e. The first kappa shape index (κ1) is 13.6. The van der Waals surface area contributed by atoms with Gasteiger partial charge < -0.3 is 19.4 Å². The number of aromatic carboxylic acids is 1. The third-order valence-electron chi connectivity index (χ3n) is 2.46. The Kier molecular flexibility index (Phi) is 4.33. The van der Waals surface area contributed by atoms with Gasteiger partial charge >= 0.3 is 5.97 Å². The van der Waals surface area contributed by atoms with Crippen LogP contribution in [0, 0.1) is 0 Å². The van der Waals surface area contributed by atoms with E-state index in [9.17, 15) is 9.59 Å². The Bertz CT molecular complexity index is 613. The zero-order valence-corrected chi connectivity index (χ0v) is 10.5. The smallest absolute Gasteiger partial charge is 0.356 e. The van der Waals surface area contributed by atoms with E-state index in [1.165, 1.54) is 24.9 Å². The highest BCUT2D eigenvalue weighted by atomic mass is 16.4. The fraction of sp³-hybridized carbons (Fsp3) is 0.154. The van der Waals surface area contributed by atoms with Crippen molar-refractivity contribution < 1.29 is 19.1 Å². The predicted molar refractivity (Wildman–Crippen MR) is 69.9 cm³/mol. The average molecular weight is 275 g/mol. The van der Waals surface area contributed by atoms with E-state index in [2.05, 4.69) is 10.3 Å². The summed E-state index contributed by atoms with van der Waals surface area (Å²) in [5.74, 6) is -0.727. The summed E-state index contributed by atoms with van der Waals surface area (Å²) in [6.45, 7) is 0.817. The molecule has 2 rings (SSSR count). The van der Waals surface area contributed by atoms with Crippen LogP contribution in [0.1, 0.15) is 16.2 Å². The number of carboxylic acid groups (broad SMARTS) is 1. The Labute approximate surface area is 114 Å². The number of carbonyl (C=O) groups is 2. The lowest BCUT2D eigenvalue weighted by atomic mass is 10.4. The van der Waals surface area contributed by atoms with Crippen molar-refractivity contribution in [3.8, 4) is 0 Å². The molecule has 7 heteroatoms. The first-order valence-corrected chi connectivity index (χ1v) is 5.89. The standard InChI is InChI=1S/C13H13N3O4/c17-12(4-3-10-2-1-7-20-10)14-5-6-16-8-11(13(18)19)15-9-16/h1-4,7-9H,5-6H2,(H,14,17)(H,18,19)/b4-3+. The zero-order valence-electron chi connectivity index (χ0n) is 10.5. The lowest BCUT2D eigenvalue weighted by molar-refractivity contribution is -0.116. The number of furan rings is 1. The first-order valence-electron chi connectivity index (χ1n) is 5.89. The second-order valence-corrected chi connectivity index (χ2v) is 3.94. The van der Waals surface area contributed by atoms with E-state index in [1.807, 2.05) is 0 Å². The number of amides is 1. The van der Waals surface area contributed by atoms with Gasteiger partial charge in [0.25, 0.3) is 0 Å². The molecular weight excluding hydrogens is 262 g/mol. The van der Waals surface area contributed by atoms with Crippen LogP contribution < -0.4 is 5.32 Å². The van der Waals surface area contributed by atoms with Crippen molar-refractivity contribution in [2.75, 3.05) is 6.54 Å². The van der Waals surface area contributed by atoms with E-state index < -0.39 is 5.97 Å². The van der Waals surface area contributed by atoms with E-state index in [0.29, 0.717) is 18.8 Å². The summed E-state index contributed by atoms with van der Waals surface area (Å²) in [6.07, 6.45) is 7.28. The lowest BCUT2D eigenvalue weighted by Crippen LogP contribution is -2.25. The number of rotatable bonds is 6. The minimum Gasteiger partial charge on any atom is -0.476 e. The van der Waals surface area contributed by atoms with Crippen LogP contribution in [0.3, 0.4) is 0 Å². The second kappa shape index (κ2) is 6.37. The van der Waals surface area contributed by atoms with Crippen molar-refractivity contribution >= 4 is 18.0 Å². The van der Waals surface area contributed by atoms with Crippen molar-refractivity contribution in [3.63, 3.8) is 0 Å². The van der Waals surface area contributed by atoms with Gasteiger partial charge in [0.1, 0.15) is 5.76 Å². The molecule has 2 heterocycles. The highest BCUT2D eigenvalue weighted by molar-refractivity contribution is 5.91. The van der Waals surface area contributed by atoms with E-state index in [1.54, 1.807) is 22.8 Å². The zero-order chi connectivity index (χ0) is 14.4. The van der Waals surface area contributed by atoms with Gasteiger partial charge in [-0.05, 0) is 18.2 Å². The van der Waals surface area contributed by atoms with Crippen molar-refractivity contribution in [1.82, 2.24) is 14.9 Å². The van der Waals surface area contributed by atoms with Gasteiger partial charge in [-0.1, -0.05) is 0 Å². The largest absolute Gasteiger partial charge is 0.476 e. The molecule has 0 saturated carbocycles. The molecule has 0 unspecified atom stereocenters. The molecule has 0 aliphatic rings. The molecule has 0 aliphatic carbocycles. The third kappa shape index (κ3) is 3.84. The van der Waals surface area contributed by atoms with Gasteiger partial charge in [-0.2, -0.15) is 0 Å². The van der Waals surface area contributed by atoms with Crippen LogP contribution in [0.15, 0.2) is 41.4 Å². The number of hydrogen-bond donors (Lipinski definition) is 2. The normalized spacial score (nSPS) is 10.8. The van der Waals surface area contributed by atoms with E-state index in [4.69, 9.17) is 9.52 Å². The molecular formula is C13H13N3O4. The number of nitrogens with one attached hydrogen (secondary N) is 1. The molecule has 104 valence electrons. The summed E-state index contributed by atoms with van der Waals surface area (Å²) in [5, 5.41) is 11.4. The Morgan fingerprint density at radius 2 is 2.35 bits per heavy atom. The summed E-state index contributed by atoms with van der Waals surface area (Å²) in [4.78, 5) is 25.8. The van der Waals surface area contributed by atoms with Crippen molar-refractivity contribution in [2.24, 2.45) is 0 Å². The summed E-state index contributed by atoms with van der Waals surface area (Å²) < 4.78 is 6.65.